The van der Waals surface area contributed by atoms with Crippen LogP contribution in [-0.2, 0) is 14.4 Å². The van der Waals surface area contributed by atoms with Crippen LogP contribution in [0.3, 0.4) is 0 Å². The van der Waals surface area contributed by atoms with Crippen molar-refractivity contribution in [1.29, 1.82) is 0 Å². The molecule has 1 atom stereocenters. The monoisotopic (exact) mass is 364 g/mol. The Balaban J connectivity index is 1.70. The average Bonchev–Trinajstić information content (AvgIpc) is 3.14. The highest BCUT2D eigenvalue weighted by molar-refractivity contribution is 6.33. The first-order valence-corrected chi connectivity index (χ1v) is 8.87. The largest absolute Gasteiger partial charge is 0.481 e. The van der Waals surface area contributed by atoms with Crippen LogP contribution in [0.15, 0.2) is 24.3 Å². The van der Waals surface area contributed by atoms with Crippen LogP contribution < -0.4 is 10.2 Å². The number of nitrogens with zero attached hydrogens (tertiary/aromatic N) is 1. The molecule has 1 unspecified atom stereocenters. The van der Waals surface area contributed by atoms with Gasteiger partial charge in [0, 0.05) is 13.0 Å². The Kier molecular flexibility index (Phi) is 4.99. The SMILES string of the molecule is O=C(O)CC1(NC(=O)C2CC(=O)N(c3ccccc3Cl)C2)CCCC1. The molecule has 134 valence electrons. The molecule has 1 aliphatic heterocycles. The van der Waals surface area contributed by atoms with Gasteiger partial charge in [0.15, 0.2) is 0 Å². The minimum Gasteiger partial charge on any atom is -0.481 e. The summed E-state index contributed by atoms with van der Waals surface area (Å²) in [6.45, 7) is 0.261. The van der Waals surface area contributed by atoms with Gasteiger partial charge in [0.1, 0.15) is 0 Å². The van der Waals surface area contributed by atoms with Crippen molar-refractivity contribution in [3.8, 4) is 0 Å². The Morgan fingerprint density at radius 3 is 2.60 bits per heavy atom. The number of hydrogen-bond donors (Lipinski definition) is 2. The topological polar surface area (TPSA) is 86.7 Å². The van der Waals surface area contributed by atoms with E-state index in [2.05, 4.69) is 5.32 Å². The second-order valence-corrected chi connectivity index (χ2v) is 7.31. The third-order valence-corrected chi connectivity index (χ3v) is 5.40. The molecular weight excluding hydrogens is 344 g/mol. The lowest BCUT2D eigenvalue weighted by Crippen LogP contribution is -2.50. The zero-order valence-corrected chi connectivity index (χ0v) is 14.6. The number of carbonyl (C=O) groups excluding carboxylic acids is 2. The van der Waals surface area contributed by atoms with Gasteiger partial charge in [-0.3, -0.25) is 14.4 Å². The number of amides is 2. The van der Waals surface area contributed by atoms with E-state index in [1.54, 1.807) is 24.3 Å². The zero-order chi connectivity index (χ0) is 18.0. The third-order valence-electron chi connectivity index (χ3n) is 5.08. The van der Waals surface area contributed by atoms with E-state index in [9.17, 15) is 14.4 Å². The molecule has 1 aromatic rings. The van der Waals surface area contributed by atoms with Crippen LogP contribution in [-0.4, -0.2) is 35.0 Å². The summed E-state index contributed by atoms with van der Waals surface area (Å²) in [5.74, 6) is -1.80. The summed E-state index contributed by atoms with van der Waals surface area (Å²) in [7, 11) is 0. The van der Waals surface area contributed by atoms with Crippen molar-refractivity contribution < 1.29 is 19.5 Å². The van der Waals surface area contributed by atoms with Gasteiger partial charge in [-0.05, 0) is 25.0 Å². The van der Waals surface area contributed by atoms with Crippen LogP contribution in [0, 0.1) is 5.92 Å². The first kappa shape index (κ1) is 17.7. The van der Waals surface area contributed by atoms with Gasteiger partial charge in [0.2, 0.25) is 11.8 Å². The van der Waals surface area contributed by atoms with Gasteiger partial charge in [0.05, 0.1) is 28.6 Å². The van der Waals surface area contributed by atoms with Crippen LogP contribution >= 0.6 is 11.6 Å². The maximum absolute atomic E-state index is 12.7. The molecule has 2 N–H and O–H groups in total. The van der Waals surface area contributed by atoms with Crippen LogP contribution in [0.2, 0.25) is 5.02 Å². The molecule has 1 saturated carbocycles. The number of benzene rings is 1. The predicted octanol–water partition coefficient (Wildman–Crippen LogP) is 2.60. The summed E-state index contributed by atoms with van der Waals surface area (Å²) >= 11 is 6.15. The smallest absolute Gasteiger partial charge is 0.305 e. The number of para-hydroxylation sites is 1. The lowest BCUT2D eigenvalue weighted by atomic mass is 9.92. The van der Waals surface area contributed by atoms with Gasteiger partial charge in [-0.2, -0.15) is 0 Å². The number of aliphatic carboxylic acids is 1. The number of rotatable bonds is 5. The zero-order valence-electron chi connectivity index (χ0n) is 13.8. The van der Waals surface area contributed by atoms with Crippen molar-refractivity contribution >= 4 is 35.1 Å². The molecule has 3 rings (SSSR count). The molecule has 0 bridgehead atoms. The van der Waals surface area contributed by atoms with Gasteiger partial charge >= 0.3 is 5.97 Å². The third kappa shape index (κ3) is 3.79. The molecule has 2 amide bonds. The number of anilines is 1. The van der Waals surface area contributed by atoms with E-state index in [-0.39, 0.29) is 31.2 Å². The molecule has 0 radical (unpaired) electrons. The summed E-state index contributed by atoms with van der Waals surface area (Å²) in [5, 5.41) is 12.6. The van der Waals surface area contributed by atoms with Gasteiger partial charge in [-0.15, -0.1) is 0 Å². The molecule has 1 saturated heterocycles. The van der Waals surface area contributed by atoms with Gasteiger partial charge < -0.3 is 15.3 Å². The van der Waals surface area contributed by atoms with Crippen LogP contribution in [0.1, 0.15) is 38.5 Å². The highest BCUT2D eigenvalue weighted by atomic mass is 35.5. The Morgan fingerprint density at radius 2 is 1.96 bits per heavy atom. The van der Waals surface area contributed by atoms with E-state index in [1.165, 1.54) is 4.90 Å². The Labute approximate surface area is 151 Å². The summed E-state index contributed by atoms with van der Waals surface area (Å²) in [6, 6.07) is 7.04. The number of carboxylic acids is 1. The Bertz CT molecular complexity index is 700. The fourth-order valence-corrected chi connectivity index (χ4v) is 4.08. The van der Waals surface area contributed by atoms with Crippen molar-refractivity contribution in [2.75, 3.05) is 11.4 Å². The second kappa shape index (κ2) is 7.04. The number of carbonyl (C=O) groups is 3. The van der Waals surface area contributed by atoms with E-state index in [1.807, 2.05) is 0 Å². The second-order valence-electron chi connectivity index (χ2n) is 6.90. The van der Waals surface area contributed by atoms with Crippen LogP contribution in [0.5, 0.6) is 0 Å². The van der Waals surface area contributed by atoms with Crippen LogP contribution in [0.4, 0.5) is 5.69 Å². The average molecular weight is 365 g/mol. The maximum atomic E-state index is 12.7. The summed E-state index contributed by atoms with van der Waals surface area (Å²) < 4.78 is 0. The Morgan fingerprint density at radius 1 is 1.28 bits per heavy atom. The molecule has 1 aromatic carbocycles. The molecule has 1 aliphatic carbocycles. The lowest BCUT2D eigenvalue weighted by Gasteiger charge is -2.30. The number of carboxylic acid groups (broad SMARTS) is 1. The van der Waals surface area contributed by atoms with E-state index < -0.39 is 17.4 Å². The van der Waals surface area contributed by atoms with Gasteiger partial charge in [-0.1, -0.05) is 36.6 Å². The fourth-order valence-electron chi connectivity index (χ4n) is 3.84. The first-order chi connectivity index (χ1) is 11.9. The molecule has 7 heteroatoms. The van der Waals surface area contributed by atoms with E-state index in [0.29, 0.717) is 23.6 Å². The lowest BCUT2D eigenvalue weighted by molar-refractivity contribution is -0.139. The normalized spacial score (nSPS) is 22.2. The molecule has 1 heterocycles. The van der Waals surface area contributed by atoms with E-state index in [4.69, 9.17) is 16.7 Å². The maximum Gasteiger partial charge on any atom is 0.305 e. The molecule has 0 spiro atoms. The number of halogens is 1. The molecule has 2 aliphatic rings. The number of hydrogen-bond acceptors (Lipinski definition) is 3. The van der Waals surface area contributed by atoms with Crippen molar-refractivity contribution in [1.82, 2.24) is 5.32 Å². The summed E-state index contributed by atoms with van der Waals surface area (Å²) in [4.78, 5) is 37.7. The predicted molar refractivity (Wildman–Crippen MR) is 93.5 cm³/mol. The molecular formula is C18H21ClN2O4. The number of nitrogens with one attached hydrogen (secondary N) is 1. The fraction of sp³-hybridized carbons (Fsp3) is 0.500. The van der Waals surface area contributed by atoms with E-state index in [0.717, 1.165) is 12.8 Å². The van der Waals surface area contributed by atoms with Gasteiger partial charge in [-0.25, -0.2) is 0 Å². The standard InChI is InChI=1S/C18H21ClN2O4/c19-13-5-1-2-6-14(13)21-11-12(9-15(21)22)17(25)20-18(10-16(23)24)7-3-4-8-18/h1-2,5-6,12H,3-4,7-11H2,(H,20,25)(H,23,24). The van der Waals surface area contributed by atoms with E-state index >= 15 is 0 Å². The highest BCUT2D eigenvalue weighted by Crippen LogP contribution is 2.35. The minimum atomic E-state index is -0.914. The quantitative estimate of drug-likeness (QED) is 0.840. The van der Waals surface area contributed by atoms with Crippen molar-refractivity contribution in [3.05, 3.63) is 29.3 Å². The van der Waals surface area contributed by atoms with Gasteiger partial charge in [0.25, 0.3) is 0 Å². The van der Waals surface area contributed by atoms with Crippen molar-refractivity contribution in [2.24, 2.45) is 5.92 Å². The van der Waals surface area contributed by atoms with Crippen molar-refractivity contribution in [2.45, 2.75) is 44.1 Å². The molecule has 25 heavy (non-hydrogen) atoms. The first-order valence-electron chi connectivity index (χ1n) is 8.49. The van der Waals surface area contributed by atoms with Crippen molar-refractivity contribution in [3.63, 3.8) is 0 Å². The molecule has 6 nitrogen and oxygen atoms in total. The molecule has 2 fully saturated rings. The highest BCUT2D eigenvalue weighted by Gasteiger charge is 2.42. The van der Waals surface area contributed by atoms with Crippen LogP contribution in [0.25, 0.3) is 0 Å². The minimum absolute atomic E-state index is 0.0758. The Hall–Kier alpha value is -2.08. The molecule has 0 aromatic heterocycles. The summed E-state index contributed by atoms with van der Waals surface area (Å²) in [5.41, 5.74) is -0.0744. The summed E-state index contributed by atoms with van der Waals surface area (Å²) in [6.07, 6.45) is 3.18.